The van der Waals surface area contributed by atoms with E-state index in [9.17, 15) is 28.3 Å². The van der Waals surface area contributed by atoms with Crippen LogP contribution < -0.4 is 11.3 Å². The number of hydrogen-bond donors (Lipinski definition) is 6. The summed E-state index contributed by atoms with van der Waals surface area (Å²) >= 11 is 0. The predicted octanol–water partition coefficient (Wildman–Crippen LogP) is 0.979. The molecule has 2 aromatic rings. The molecule has 1 aliphatic heterocycles. The lowest BCUT2D eigenvalue weighted by atomic mass is 10.2. The first-order valence-corrected chi connectivity index (χ1v) is 14.1. The number of phosphoric ester groups is 1. The first kappa shape index (κ1) is 28.4. The second kappa shape index (κ2) is 10.7. The van der Waals surface area contributed by atoms with Crippen LogP contribution in [-0.4, -0.2) is 59.2 Å². The van der Waals surface area contributed by atoms with Gasteiger partial charge in [-0.05, 0) is 18.5 Å². The SMILES string of the molecule is C[C@H](N=[N+]=[N-])OC1C[C@H](n2ccc3c(=O)[nH]c(N)nc32)O[C@@H]1COP(=O)(O)OP(=O)(O)OP(=O)(O)O. The lowest BCUT2D eigenvalue weighted by molar-refractivity contribution is -0.0745. The van der Waals surface area contributed by atoms with Crippen LogP contribution >= 0.6 is 23.5 Å². The highest BCUT2D eigenvalue weighted by Crippen LogP contribution is 2.66. The molecule has 6 atom stereocenters. The van der Waals surface area contributed by atoms with E-state index in [4.69, 9.17) is 30.5 Å². The molecule has 0 radical (unpaired) electrons. The molecular weight excluding hydrogens is 555 g/mol. The van der Waals surface area contributed by atoms with E-state index in [1.54, 1.807) is 0 Å². The van der Waals surface area contributed by atoms with Crippen LogP contribution in [-0.2, 0) is 36.3 Å². The number of nitrogens with zero attached hydrogens (tertiary/aromatic N) is 5. The number of rotatable bonds is 11. The van der Waals surface area contributed by atoms with Gasteiger partial charge >= 0.3 is 23.5 Å². The number of aromatic nitrogens is 3. The number of hydrogen-bond acceptors (Lipinski definition) is 12. The zero-order chi connectivity index (χ0) is 26.9. The number of ether oxygens (including phenoxy) is 2. The van der Waals surface area contributed by atoms with Gasteiger partial charge in [0.05, 0.1) is 18.1 Å². The number of nitrogens with one attached hydrogen (secondary N) is 1. The van der Waals surface area contributed by atoms with Crippen molar-refractivity contribution in [3.8, 4) is 0 Å². The molecule has 0 spiro atoms. The Morgan fingerprint density at radius 1 is 1.33 bits per heavy atom. The minimum absolute atomic E-state index is 0.0217. The van der Waals surface area contributed by atoms with Crippen LogP contribution in [0.1, 0.15) is 19.6 Å². The van der Waals surface area contributed by atoms with Crippen LogP contribution in [0.3, 0.4) is 0 Å². The van der Waals surface area contributed by atoms with Gasteiger partial charge in [0, 0.05) is 17.5 Å². The molecule has 0 amide bonds. The third kappa shape index (κ3) is 7.44. The van der Waals surface area contributed by atoms with E-state index in [0.29, 0.717) is 0 Å². The zero-order valence-corrected chi connectivity index (χ0v) is 20.7. The number of phosphoric acid groups is 3. The highest BCUT2D eigenvalue weighted by atomic mass is 31.3. The second-order valence-corrected chi connectivity index (χ2v) is 11.6. The summed E-state index contributed by atoms with van der Waals surface area (Å²) in [6, 6.07) is 1.45. The summed E-state index contributed by atoms with van der Waals surface area (Å²) in [5.74, 6) is -0.167. The molecular formula is C13H20N7O13P3. The molecule has 7 N–H and O–H groups in total. The molecule has 0 aliphatic carbocycles. The highest BCUT2D eigenvalue weighted by Gasteiger charge is 2.44. The van der Waals surface area contributed by atoms with Crippen LogP contribution in [0.25, 0.3) is 21.5 Å². The van der Waals surface area contributed by atoms with Crippen LogP contribution in [0.15, 0.2) is 22.2 Å². The topological polar surface area (TPSA) is 304 Å². The minimum Gasteiger partial charge on any atom is -0.369 e. The first-order chi connectivity index (χ1) is 16.6. The van der Waals surface area contributed by atoms with Crippen molar-refractivity contribution in [3.05, 3.63) is 33.1 Å². The number of aromatic amines is 1. The maximum Gasteiger partial charge on any atom is 0.490 e. The van der Waals surface area contributed by atoms with Crippen molar-refractivity contribution in [2.75, 3.05) is 12.3 Å². The van der Waals surface area contributed by atoms with Gasteiger partial charge in [-0.2, -0.15) is 13.6 Å². The number of nitrogen functional groups attached to an aromatic ring is 1. The molecule has 23 heteroatoms. The number of fused-ring (bicyclic) bond motifs is 1. The molecule has 36 heavy (non-hydrogen) atoms. The van der Waals surface area contributed by atoms with Crippen molar-refractivity contribution in [1.29, 1.82) is 0 Å². The van der Waals surface area contributed by atoms with E-state index in [2.05, 4.69) is 33.1 Å². The van der Waals surface area contributed by atoms with Gasteiger partial charge in [-0.3, -0.25) is 14.3 Å². The maximum atomic E-state index is 12.1. The Hall–Kier alpha value is -2.14. The van der Waals surface area contributed by atoms with Gasteiger partial charge in [-0.1, -0.05) is 5.11 Å². The summed E-state index contributed by atoms with van der Waals surface area (Å²) in [5.41, 5.74) is 13.9. The maximum absolute atomic E-state index is 12.1. The number of nitrogens with two attached hydrogens (primary N) is 1. The first-order valence-electron chi connectivity index (χ1n) is 9.59. The molecule has 3 rings (SSSR count). The fraction of sp³-hybridized carbons (Fsp3) is 0.538. The molecule has 3 heterocycles. The predicted molar refractivity (Wildman–Crippen MR) is 117 cm³/mol. The van der Waals surface area contributed by atoms with E-state index in [-0.39, 0.29) is 23.4 Å². The summed E-state index contributed by atoms with van der Waals surface area (Å²) in [6.07, 6.45) is -2.57. The van der Waals surface area contributed by atoms with E-state index in [1.165, 1.54) is 23.8 Å². The van der Waals surface area contributed by atoms with Crippen molar-refractivity contribution in [3.63, 3.8) is 0 Å². The minimum atomic E-state index is -5.72. The van der Waals surface area contributed by atoms with Crippen molar-refractivity contribution >= 4 is 40.4 Å². The Morgan fingerprint density at radius 2 is 2.03 bits per heavy atom. The molecule has 20 nitrogen and oxygen atoms in total. The van der Waals surface area contributed by atoms with E-state index >= 15 is 0 Å². The molecule has 2 aromatic heterocycles. The summed E-state index contributed by atoms with van der Waals surface area (Å²) in [4.78, 5) is 57.3. The average molecular weight is 575 g/mol. The Balaban J connectivity index is 1.80. The normalized spacial score (nSPS) is 24.6. The fourth-order valence-corrected chi connectivity index (χ4v) is 6.31. The number of azide groups is 1. The largest absolute Gasteiger partial charge is 0.490 e. The van der Waals surface area contributed by atoms with E-state index in [0.717, 1.165) is 0 Å². The van der Waals surface area contributed by atoms with Gasteiger partial charge in [0.1, 0.15) is 18.6 Å². The summed E-state index contributed by atoms with van der Waals surface area (Å²) in [7, 11) is -16.7. The monoisotopic (exact) mass is 575 g/mol. The smallest absolute Gasteiger partial charge is 0.369 e. The fourth-order valence-electron chi connectivity index (χ4n) is 3.28. The van der Waals surface area contributed by atoms with Crippen molar-refractivity contribution in [2.24, 2.45) is 5.11 Å². The summed E-state index contributed by atoms with van der Waals surface area (Å²) in [6.45, 7) is 0.586. The average Bonchev–Trinajstić information content (AvgIpc) is 3.27. The summed E-state index contributed by atoms with van der Waals surface area (Å²) in [5, 5.41) is 3.55. The van der Waals surface area contributed by atoms with Crippen LogP contribution in [0.5, 0.6) is 0 Å². The molecule has 1 fully saturated rings. The van der Waals surface area contributed by atoms with E-state index < -0.39 is 60.3 Å². The zero-order valence-electron chi connectivity index (χ0n) is 18.0. The van der Waals surface area contributed by atoms with Gasteiger partial charge in [0.25, 0.3) is 5.56 Å². The van der Waals surface area contributed by atoms with Gasteiger partial charge in [0.2, 0.25) is 5.95 Å². The highest BCUT2D eigenvalue weighted by molar-refractivity contribution is 7.66. The third-order valence-electron chi connectivity index (χ3n) is 4.49. The Morgan fingerprint density at radius 3 is 2.67 bits per heavy atom. The molecule has 0 bridgehead atoms. The second-order valence-electron chi connectivity index (χ2n) is 7.14. The number of H-pyrrole nitrogens is 1. The standard InChI is InChI=1S/C13H20N7O13P3/c1-6(18-19-15)30-8-4-10(20-3-2-7-11(20)16-13(14)17-12(7)21)31-9(8)5-29-35(25,26)33-36(27,28)32-34(22,23)24/h2-3,6,8-10H,4-5H2,1H3,(H,25,26)(H,27,28)(H2,22,23,24)(H3,14,16,17,21)/t6-,8?,9-,10-/m1/s1. The number of anilines is 1. The molecule has 1 aliphatic rings. The van der Waals surface area contributed by atoms with Crippen molar-refractivity contribution < 1.29 is 55.9 Å². The lowest BCUT2D eigenvalue weighted by Gasteiger charge is -2.22. The van der Waals surface area contributed by atoms with Crippen LogP contribution in [0, 0.1) is 0 Å². The Bertz CT molecular complexity index is 1370. The van der Waals surface area contributed by atoms with Crippen LogP contribution in [0.2, 0.25) is 0 Å². The van der Waals surface area contributed by atoms with Gasteiger partial charge in [-0.15, -0.1) is 0 Å². The summed E-state index contributed by atoms with van der Waals surface area (Å²) < 4.78 is 59.1. The van der Waals surface area contributed by atoms with Crippen LogP contribution in [0.4, 0.5) is 5.95 Å². The van der Waals surface area contributed by atoms with E-state index in [1.807, 2.05) is 0 Å². The lowest BCUT2D eigenvalue weighted by Crippen LogP contribution is -2.31. The Labute approximate surface area is 200 Å². The molecule has 200 valence electrons. The van der Waals surface area contributed by atoms with Gasteiger partial charge < -0.3 is 39.3 Å². The molecule has 0 aromatic carbocycles. The quantitative estimate of drug-likeness (QED) is 0.0941. The Kier molecular flexibility index (Phi) is 8.44. The van der Waals surface area contributed by atoms with Gasteiger partial charge in [0.15, 0.2) is 5.65 Å². The molecule has 3 unspecified atom stereocenters. The van der Waals surface area contributed by atoms with Crippen molar-refractivity contribution in [1.82, 2.24) is 14.5 Å². The third-order valence-corrected chi connectivity index (χ3v) is 8.30. The van der Waals surface area contributed by atoms with Crippen molar-refractivity contribution in [2.45, 2.75) is 38.0 Å². The van der Waals surface area contributed by atoms with Gasteiger partial charge in [-0.25, -0.2) is 13.7 Å². The molecule has 0 saturated carbocycles. The molecule has 1 saturated heterocycles.